The van der Waals surface area contributed by atoms with Gasteiger partial charge >= 0.3 is 5.97 Å². The van der Waals surface area contributed by atoms with Gasteiger partial charge in [0.25, 0.3) is 0 Å². The predicted molar refractivity (Wildman–Crippen MR) is 64.7 cm³/mol. The number of hydrogen-bond donors (Lipinski definition) is 3. The Labute approximate surface area is 115 Å². The number of phenolic OH excluding ortho intramolecular Hbond substituents is 1. The fourth-order valence-electron chi connectivity index (χ4n) is 1.45. The van der Waals surface area contributed by atoms with Crippen LogP contribution in [0.5, 0.6) is 5.75 Å². The lowest BCUT2D eigenvalue weighted by atomic mass is 10.0. The van der Waals surface area contributed by atoms with E-state index in [4.69, 9.17) is 10.2 Å². The lowest BCUT2D eigenvalue weighted by molar-refractivity contribution is -0.141. The molecule has 0 spiro atoms. The van der Waals surface area contributed by atoms with Crippen molar-refractivity contribution in [1.29, 1.82) is 0 Å². The van der Waals surface area contributed by atoms with Gasteiger partial charge in [-0.1, -0.05) is 0 Å². The summed E-state index contributed by atoms with van der Waals surface area (Å²) in [7, 11) is 0. The Kier molecular flexibility index (Phi) is 4.82. The van der Waals surface area contributed by atoms with Gasteiger partial charge in [-0.15, -0.1) is 0 Å². The molecule has 1 aromatic rings. The van der Waals surface area contributed by atoms with Crippen LogP contribution in [0.15, 0.2) is 10.5 Å². The molecule has 1 atom stereocenters. The Balaban J connectivity index is 3.10. The van der Waals surface area contributed by atoms with E-state index in [1.54, 1.807) is 0 Å². The molecule has 0 aliphatic carbocycles. The fraction of sp³-hybridized carbons (Fsp3) is 0.273. The minimum atomic E-state index is -1.48. The van der Waals surface area contributed by atoms with Crippen molar-refractivity contribution in [2.45, 2.75) is 19.4 Å². The second kappa shape index (κ2) is 5.96. The highest BCUT2D eigenvalue weighted by Gasteiger charge is 2.24. The van der Waals surface area contributed by atoms with E-state index in [0.717, 1.165) is 13.0 Å². The van der Waals surface area contributed by atoms with Gasteiger partial charge in [-0.05, 0) is 27.6 Å². The third-order valence-electron chi connectivity index (χ3n) is 2.31. The maximum absolute atomic E-state index is 13.5. The Morgan fingerprint density at radius 3 is 2.47 bits per heavy atom. The van der Waals surface area contributed by atoms with Crippen LogP contribution in [0.2, 0.25) is 0 Å². The number of carboxylic acids is 1. The van der Waals surface area contributed by atoms with Gasteiger partial charge in [-0.2, -0.15) is 4.39 Å². The van der Waals surface area contributed by atoms with Crippen LogP contribution < -0.4 is 5.32 Å². The molecule has 1 amide bonds. The molecule has 0 radical (unpaired) electrons. The minimum absolute atomic E-state index is 0.103. The number of amides is 1. The molecule has 0 aliphatic heterocycles. The fourth-order valence-corrected chi connectivity index (χ4v) is 1.90. The minimum Gasteiger partial charge on any atom is -0.504 e. The van der Waals surface area contributed by atoms with Gasteiger partial charge in [-0.25, -0.2) is 9.18 Å². The highest BCUT2D eigenvalue weighted by atomic mass is 79.9. The molecule has 3 N–H and O–H groups in total. The topological polar surface area (TPSA) is 86.6 Å². The van der Waals surface area contributed by atoms with Crippen LogP contribution in [-0.2, 0) is 16.0 Å². The van der Waals surface area contributed by atoms with Gasteiger partial charge in [0, 0.05) is 13.3 Å². The zero-order valence-corrected chi connectivity index (χ0v) is 11.3. The smallest absolute Gasteiger partial charge is 0.326 e. The standard InChI is InChI=1S/C11H10BrF2NO4/c1-4(16)15-7(11(18)19)3-5-2-6(12)10(17)9(14)8(5)13/h2,7,17H,3H2,1H3,(H,15,16)(H,18,19). The molecule has 0 aliphatic rings. The highest BCUT2D eigenvalue weighted by molar-refractivity contribution is 9.10. The monoisotopic (exact) mass is 337 g/mol. The molecule has 104 valence electrons. The number of aliphatic carboxylic acids is 1. The maximum Gasteiger partial charge on any atom is 0.326 e. The van der Waals surface area contributed by atoms with Crippen LogP contribution in [-0.4, -0.2) is 28.1 Å². The number of phenols is 1. The van der Waals surface area contributed by atoms with Crippen LogP contribution in [0.1, 0.15) is 12.5 Å². The molecule has 1 unspecified atom stereocenters. The average molecular weight is 338 g/mol. The summed E-state index contributed by atoms with van der Waals surface area (Å²) in [4.78, 5) is 21.7. The summed E-state index contributed by atoms with van der Waals surface area (Å²) in [5, 5.41) is 20.1. The van der Waals surface area contributed by atoms with Crippen LogP contribution >= 0.6 is 15.9 Å². The van der Waals surface area contributed by atoms with Crippen molar-refractivity contribution in [3.05, 3.63) is 27.7 Å². The van der Waals surface area contributed by atoms with E-state index in [1.807, 2.05) is 0 Å². The van der Waals surface area contributed by atoms with Gasteiger partial charge in [0.15, 0.2) is 11.6 Å². The predicted octanol–water partition coefficient (Wildman–Crippen LogP) is 1.56. The van der Waals surface area contributed by atoms with Gasteiger partial charge < -0.3 is 15.5 Å². The SMILES string of the molecule is CC(=O)NC(Cc1cc(Br)c(O)c(F)c1F)C(=O)O. The molecular formula is C11H10BrF2NO4. The number of aromatic hydroxyl groups is 1. The molecule has 8 heteroatoms. The largest absolute Gasteiger partial charge is 0.504 e. The van der Waals surface area contributed by atoms with E-state index in [-0.39, 0.29) is 10.0 Å². The second-order valence-electron chi connectivity index (χ2n) is 3.79. The molecule has 1 aromatic carbocycles. The Hall–Kier alpha value is -1.70. The lowest BCUT2D eigenvalue weighted by Crippen LogP contribution is -2.41. The summed E-state index contributed by atoms with van der Waals surface area (Å²) in [5.74, 6) is -5.70. The summed E-state index contributed by atoms with van der Waals surface area (Å²) in [6.45, 7) is 1.11. The van der Waals surface area contributed by atoms with E-state index < -0.39 is 41.7 Å². The van der Waals surface area contributed by atoms with E-state index in [2.05, 4.69) is 21.2 Å². The zero-order chi connectivity index (χ0) is 14.7. The van der Waals surface area contributed by atoms with Crippen LogP contribution in [0.25, 0.3) is 0 Å². The van der Waals surface area contributed by atoms with Crippen LogP contribution in [0.4, 0.5) is 8.78 Å². The van der Waals surface area contributed by atoms with Crippen molar-refractivity contribution in [2.24, 2.45) is 0 Å². The van der Waals surface area contributed by atoms with Crippen molar-refractivity contribution >= 4 is 27.8 Å². The van der Waals surface area contributed by atoms with E-state index in [1.165, 1.54) is 0 Å². The molecule has 0 saturated carbocycles. The van der Waals surface area contributed by atoms with Crippen LogP contribution in [0.3, 0.4) is 0 Å². The van der Waals surface area contributed by atoms with Gasteiger partial charge in [0.1, 0.15) is 6.04 Å². The van der Waals surface area contributed by atoms with Gasteiger partial charge in [-0.3, -0.25) is 4.79 Å². The number of hydrogen-bond acceptors (Lipinski definition) is 3. The van der Waals surface area contributed by atoms with Crippen molar-refractivity contribution in [3.8, 4) is 5.75 Å². The Morgan fingerprint density at radius 1 is 1.42 bits per heavy atom. The second-order valence-corrected chi connectivity index (χ2v) is 4.64. The molecule has 0 fully saturated rings. The first kappa shape index (κ1) is 15.4. The molecule has 0 heterocycles. The van der Waals surface area contributed by atoms with Crippen LogP contribution in [0, 0.1) is 11.6 Å². The van der Waals surface area contributed by atoms with Gasteiger partial charge in [0.2, 0.25) is 11.7 Å². The number of carbonyl (C=O) groups excluding carboxylic acids is 1. The molecule has 5 nitrogen and oxygen atoms in total. The van der Waals surface area contributed by atoms with E-state index in [9.17, 15) is 18.4 Å². The number of halogens is 3. The zero-order valence-electron chi connectivity index (χ0n) is 9.71. The quantitative estimate of drug-likeness (QED) is 0.728. The van der Waals surface area contributed by atoms with E-state index in [0.29, 0.717) is 0 Å². The van der Waals surface area contributed by atoms with Crippen molar-refractivity contribution in [3.63, 3.8) is 0 Å². The summed E-state index contributed by atoms with van der Waals surface area (Å²) >= 11 is 2.82. The lowest BCUT2D eigenvalue weighted by Gasteiger charge is -2.14. The number of carbonyl (C=O) groups is 2. The number of nitrogens with one attached hydrogen (secondary N) is 1. The first-order valence-corrected chi connectivity index (χ1v) is 5.88. The molecule has 1 rings (SSSR count). The summed E-state index contributed by atoms with van der Waals surface area (Å²) in [6, 6.07) is -0.325. The Morgan fingerprint density at radius 2 is 2.00 bits per heavy atom. The van der Waals surface area contributed by atoms with Crippen molar-refractivity contribution in [2.75, 3.05) is 0 Å². The first-order valence-electron chi connectivity index (χ1n) is 5.09. The number of rotatable bonds is 4. The summed E-state index contributed by atoms with van der Waals surface area (Å²) in [6.07, 6.45) is -0.448. The molecule has 0 bridgehead atoms. The third kappa shape index (κ3) is 3.63. The van der Waals surface area contributed by atoms with Crippen molar-refractivity contribution < 1.29 is 28.6 Å². The third-order valence-corrected chi connectivity index (χ3v) is 2.91. The molecular weight excluding hydrogens is 328 g/mol. The highest BCUT2D eigenvalue weighted by Crippen LogP contribution is 2.31. The molecule has 19 heavy (non-hydrogen) atoms. The maximum atomic E-state index is 13.5. The average Bonchev–Trinajstić information content (AvgIpc) is 2.31. The van der Waals surface area contributed by atoms with Crippen molar-refractivity contribution in [1.82, 2.24) is 5.32 Å². The Bertz CT molecular complexity index is 536. The molecule has 0 aromatic heterocycles. The van der Waals surface area contributed by atoms with E-state index >= 15 is 0 Å². The normalized spacial score (nSPS) is 12.0. The molecule has 0 saturated heterocycles. The first-order chi connectivity index (χ1) is 8.73. The van der Waals surface area contributed by atoms with Gasteiger partial charge in [0.05, 0.1) is 4.47 Å². The summed E-state index contributed by atoms with van der Waals surface area (Å²) in [5.41, 5.74) is -0.275. The number of carboxylic acid groups (broad SMARTS) is 1. The number of benzene rings is 1. The summed E-state index contributed by atoms with van der Waals surface area (Å²) < 4.78 is 26.7.